The molecule has 0 unspecified atom stereocenters. The van der Waals surface area contributed by atoms with Crippen molar-refractivity contribution in [3.8, 4) is 22.4 Å². The van der Waals surface area contributed by atoms with Gasteiger partial charge in [0.1, 0.15) is 5.65 Å². The average Bonchev–Trinajstić information content (AvgIpc) is 2.86. The van der Waals surface area contributed by atoms with Crippen LogP contribution in [-0.4, -0.2) is 50.6 Å². The number of hydrogen-bond donors (Lipinski definition) is 1. The van der Waals surface area contributed by atoms with Gasteiger partial charge >= 0.3 is 0 Å². The number of piperidine rings is 1. The standard InChI is InChI=1S/C27H29ClN6O/c1-4-34-25-19(16-30-27(32-25)31-20-9-12-33(3)13-10-20)14-22(26(34)35)21-8-7-18(15-23(21)28)24-17(2)6-5-11-29-24/h5-8,11,14-16,20H,4,9-10,12-13H2,1-3H3,(H,30,31,32). The zero-order valence-corrected chi connectivity index (χ0v) is 21.0. The fourth-order valence-corrected chi connectivity index (χ4v) is 5.00. The molecule has 4 heterocycles. The van der Waals surface area contributed by atoms with Crippen LogP contribution in [0.25, 0.3) is 33.4 Å². The number of hydrogen-bond acceptors (Lipinski definition) is 6. The fourth-order valence-electron chi connectivity index (χ4n) is 4.72. The molecule has 0 spiro atoms. The summed E-state index contributed by atoms with van der Waals surface area (Å²) in [4.78, 5) is 29.6. The van der Waals surface area contributed by atoms with Crippen molar-refractivity contribution in [3.05, 3.63) is 69.7 Å². The van der Waals surface area contributed by atoms with Crippen LogP contribution < -0.4 is 10.9 Å². The van der Waals surface area contributed by atoms with Crippen molar-refractivity contribution in [2.45, 2.75) is 39.3 Å². The molecule has 1 N–H and O–H groups in total. The summed E-state index contributed by atoms with van der Waals surface area (Å²) in [6.07, 6.45) is 5.64. The summed E-state index contributed by atoms with van der Waals surface area (Å²) in [5.74, 6) is 0.564. The molecule has 180 valence electrons. The van der Waals surface area contributed by atoms with Crippen LogP contribution in [0.4, 0.5) is 5.95 Å². The number of pyridine rings is 2. The molecule has 8 heteroatoms. The highest BCUT2D eigenvalue weighted by atomic mass is 35.5. The summed E-state index contributed by atoms with van der Waals surface area (Å²) in [5, 5.41) is 4.76. The molecule has 0 saturated carbocycles. The molecule has 1 fully saturated rings. The number of rotatable bonds is 5. The Labute approximate surface area is 209 Å². The molecule has 1 aliphatic heterocycles. The maximum absolute atomic E-state index is 13.5. The Balaban J connectivity index is 1.52. The molecule has 1 aromatic carbocycles. The summed E-state index contributed by atoms with van der Waals surface area (Å²) >= 11 is 6.71. The number of nitrogens with one attached hydrogen (secondary N) is 1. The molecule has 7 nitrogen and oxygen atoms in total. The van der Waals surface area contributed by atoms with E-state index in [1.54, 1.807) is 17.0 Å². The van der Waals surface area contributed by atoms with Crippen LogP contribution in [0.15, 0.2) is 53.6 Å². The number of likely N-dealkylation sites (tertiary alicyclic amines) is 1. The largest absolute Gasteiger partial charge is 0.351 e. The van der Waals surface area contributed by atoms with Crippen molar-refractivity contribution in [3.63, 3.8) is 0 Å². The van der Waals surface area contributed by atoms with Crippen molar-refractivity contribution < 1.29 is 0 Å². The predicted octanol–water partition coefficient (Wildman–Crippen LogP) is 5.01. The highest BCUT2D eigenvalue weighted by Crippen LogP contribution is 2.32. The van der Waals surface area contributed by atoms with Gasteiger partial charge < -0.3 is 10.2 Å². The van der Waals surface area contributed by atoms with Gasteiger partial charge in [-0.2, -0.15) is 4.98 Å². The second-order valence-electron chi connectivity index (χ2n) is 9.17. The zero-order chi connectivity index (χ0) is 24.5. The van der Waals surface area contributed by atoms with Gasteiger partial charge in [-0.1, -0.05) is 29.8 Å². The first-order valence-corrected chi connectivity index (χ1v) is 12.4. The number of nitrogens with zero attached hydrogens (tertiary/aromatic N) is 5. The van der Waals surface area contributed by atoms with Gasteiger partial charge in [0.2, 0.25) is 5.95 Å². The maximum Gasteiger partial charge on any atom is 0.260 e. The molecule has 0 radical (unpaired) electrons. The van der Waals surface area contributed by atoms with E-state index in [2.05, 4.69) is 27.2 Å². The van der Waals surface area contributed by atoms with Gasteiger partial charge in [-0.3, -0.25) is 14.3 Å². The molecule has 0 bridgehead atoms. The van der Waals surface area contributed by atoms with Gasteiger partial charge in [0.15, 0.2) is 0 Å². The number of anilines is 1. The molecule has 35 heavy (non-hydrogen) atoms. The SMILES string of the molecule is CCn1c(=O)c(-c2ccc(-c3ncccc3C)cc2Cl)cc2cnc(NC3CCN(C)CC3)nc21. The molecule has 5 rings (SSSR count). The van der Waals surface area contributed by atoms with E-state index >= 15 is 0 Å². The molecular formula is C27H29ClN6O. The van der Waals surface area contributed by atoms with Crippen molar-refractivity contribution in [1.82, 2.24) is 24.4 Å². The Morgan fingerprint density at radius 1 is 1.11 bits per heavy atom. The van der Waals surface area contributed by atoms with Gasteiger partial charge in [-0.05, 0) is 70.6 Å². The van der Waals surface area contributed by atoms with Crippen LogP contribution in [0.3, 0.4) is 0 Å². The Hall–Kier alpha value is -3.29. The number of aromatic nitrogens is 4. The van der Waals surface area contributed by atoms with Gasteiger partial charge in [-0.25, -0.2) is 4.98 Å². The summed E-state index contributed by atoms with van der Waals surface area (Å²) in [5.41, 5.74) is 4.60. The lowest BCUT2D eigenvalue weighted by molar-refractivity contribution is 0.263. The third-order valence-electron chi connectivity index (χ3n) is 6.74. The number of aryl methyl sites for hydroxylation is 2. The van der Waals surface area contributed by atoms with Gasteiger partial charge in [-0.15, -0.1) is 0 Å². The van der Waals surface area contributed by atoms with Crippen molar-refractivity contribution >= 4 is 28.6 Å². The van der Waals surface area contributed by atoms with Crippen molar-refractivity contribution in [2.24, 2.45) is 0 Å². The molecule has 0 amide bonds. The van der Waals surface area contributed by atoms with Crippen LogP contribution in [0.5, 0.6) is 0 Å². The molecule has 0 aliphatic carbocycles. The number of benzene rings is 1. The number of halogens is 1. The van der Waals surface area contributed by atoms with E-state index in [1.807, 2.05) is 50.2 Å². The molecule has 1 aliphatic rings. The third-order valence-corrected chi connectivity index (χ3v) is 7.05. The minimum absolute atomic E-state index is 0.118. The molecule has 1 saturated heterocycles. The lowest BCUT2D eigenvalue weighted by Crippen LogP contribution is -2.37. The first kappa shape index (κ1) is 23.5. The molecule has 3 aromatic heterocycles. The Bertz CT molecular complexity index is 1440. The molecular weight excluding hydrogens is 460 g/mol. The maximum atomic E-state index is 13.5. The first-order chi connectivity index (χ1) is 16.9. The van der Waals surface area contributed by atoms with Gasteiger partial charge in [0, 0.05) is 52.1 Å². The van der Waals surface area contributed by atoms with Crippen molar-refractivity contribution in [1.29, 1.82) is 0 Å². The molecule has 4 aromatic rings. The van der Waals surface area contributed by atoms with Crippen LogP contribution >= 0.6 is 11.6 Å². The Kier molecular flexibility index (Phi) is 6.54. The van der Waals surface area contributed by atoms with E-state index in [9.17, 15) is 4.79 Å². The van der Waals surface area contributed by atoms with Crippen LogP contribution in [0.1, 0.15) is 25.3 Å². The van der Waals surface area contributed by atoms with E-state index < -0.39 is 0 Å². The van der Waals surface area contributed by atoms with E-state index in [0.717, 1.165) is 48.1 Å². The van der Waals surface area contributed by atoms with Gasteiger partial charge in [0.25, 0.3) is 5.56 Å². The fraction of sp³-hybridized carbons (Fsp3) is 0.333. The van der Waals surface area contributed by atoms with E-state index in [-0.39, 0.29) is 5.56 Å². The summed E-state index contributed by atoms with van der Waals surface area (Å²) in [6.45, 7) is 6.56. The van der Waals surface area contributed by atoms with E-state index in [0.29, 0.717) is 40.3 Å². The highest BCUT2D eigenvalue weighted by Gasteiger charge is 2.19. The predicted molar refractivity (Wildman–Crippen MR) is 142 cm³/mol. The van der Waals surface area contributed by atoms with Crippen molar-refractivity contribution in [2.75, 3.05) is 25.5 Å². The molecule has 0 atom stereocenters. The minimum atomic E-state index is -0.118. The third kappa shape index (κ3) is 4.66. The van der Waals surface area contributed by atoms with Crippen LogP contribution in [-0.2, 0) is 6.54 Å². The average molecular weight is 489 g/mol. The van der Waals surface area contributed by atoms with E-state index in [4.69, 9.17) is 16.6 Å². The van der Waals surface area contributed by atoms with E-state index in [1.165, 1.54) is 0 Å². The smallest absolute Gasteiger partial charge is 0.260 e. The monoisotopic (exact) mass is 488 g/mol. The summed E-state index contributed by atoms with van der Waals surface area (Å²) in [6, 6.07) is 11.8. The second kappa shape index (κ2) is 9.76. The topological polar surface area (TPSA) is 75.9 Å². The van der Waals surface area contributed by atoms with Gasteiger partial charge in [0.05, 0.1) is 5.69 Å². The summed E-state index contributed by atoms with van der Waals surface area (Å²) < 4.78 is 1.69. The number of fused-ring (bicyclic) bond motifs is 1. The highest BCUT2D eigenvalue weighted by molar-refractivity contribution is 6.33. The zero-order valence-electron chi connectivity index (χ0n) is 20.3. The lowest BCUT2D eigenvalue weighted by Gasteiger charge is -2.29. The normalized spacial score (nSPS) is 15.0. The van der Waals surface area contributed by atoms with Crippen LogP contribution in [0, 0.1) is 6.92 Å². The quantitative estimate of drug-likeness (QED) is 0.425. The second-order valence-corrected chi connectivity index (χ2v) is 9.57. The first-order valence-electron chi connectivity index (χ1n) is 12.0. The lowest BCUT2D eigenvalue weighted by atomic mass is 10.0. The Morgan fingerprint density at radius 3 is 2.63 bits per heavy atom. The Morgan fingerprint density at radius 2 is 1.91 bits per heavy atom. The summed E-state index contributed by atoms with van der Waals surface area (Å²) in [7, 11) is 2.14. The minimum Gasteiger partial charge on any atom is -0.351 e. The van der Waals surface area contributed by atoms with Crippen LogP contribution in [0.2, 0.25) is 5.02 Å².